The number of benzene rings is 2. The molecule has 0 aliphatic carbocycles. The standard InChI is InChI=1S/C32H48O3/c1-5-8-10-11-12-13-14-25-34-26(4)27-17-19-30(20-18-27)32(33)35-31-23-21-29(22-24-31)28(15-7-3)16-9-6-2/h17-24,26,28H,5-16,25H2,1-4H3. The van der Waals surface area contributed by atoms with Gasteiger partial charge in [-0.2, -0.15) is 0 Å². The van der Waals surface area contributed by atoms with Gasteiger partial charge in [-0.25, -0.2) is 4.79 Å². The molecule has 0 radical (unpaired) electrons. The minimum absolute atomic E-state index is 0.0245. The number of hydrogen-bond donors (Lipinski definition) is 0. The van der Waals surface area contributed by atoms with Crippen LogP contribution in [0.15, 0.2) is 48.5 Å². The molecule has 0 N–H and O–H groups in total. The summed E-state index contributed by atoms with van der Waals surface area (Å²) in [5.74, 6) is 0.865. The van der Waals surface area contributed by atoms with E-state index in [0.717, 1.165) is 18.6 Å². The van der Waals surface area contributed by atoms with Crippen LogP contribution in [0.3, 0.4) is 0 Å². The molecule has 0 aromatic heterocycles. The Morgan fingerprint density at radius 3 is 1.91 bits per heavy atom. The maximum atomic E-state index is 12.6. The largest absolute Gasteiger partial charge is 0.423 e. The van der Waals surface area contributed by atoms with E-state index in [4.69, 9.17) is 9.47 Å². The number of rotatable bonds is 18. The fourth-order valence-electron chi connectivity index (χ4n) is 4.56. The van der Waals surface area contributed by atoms with Gasteiger partial charge >= 0.3 is 5.97 Å². The lowest BCUT2D eigenvalue weighted by molar-refractivity contribution is 0.0626. The summed E-state index contributed by atoms with van der Waals surface area (Å²) in [6.45, 7) is 9.59. The number of ether oxygens (including phenoxy) is 2. The second kappa shape index (κ2) is 17.3. The first-order chi connectivity index (χ1) is 17.1. The molecule has 2 aromatic rings. The van der Waals surface area contributed by atoms with Crippen molar-refractivity contribution in [3.05, 3.63) is 65.2 Å². The molecule has 0 fully saturated rings. The number of esters is 1. The summed E-state index contributed by atoms with van der Waals surface area (Å²) >= 11 is 0. The van der Waals surface area contributed by atoms with Crippen LogP contribution in [0.1, 0.15) is 138 Å². The first kappa shape index (κ1) is 29.1. The van der Waals surface area contributed by atoms with Gasteiger partial charge in [0.15, 0.2) is 0 Å². The van der Waals surface area contributed by atoms with Crippen LogP contribution >= 0.6 is 0 Å². The van der Waals surface area contributed by atoms with Crippen molar-refractivity contribution in [1.29, 1.82) is 0 Å². The van der Waals surface area contributed by atoms with Crippen molar-refractivity contribution in [2.24, 2.45) is 0 Å². The van der Waals surface area contributed by atoms with Gasteiger partial charge in [-0.3, -0.25) is 0 Å². The third-order valence-electron chi connectivity index (χ3n) is 6.84. The third-order valence-corrected chi connectivity index (χ3v) is 6.84. The van der Waals surface area contributed by atoms with Crippen molar-refractivity contribution in [3.63, 3.8) is 0 Å². The van der Waals surface area contributed by atoms with E-state index < -0.39 is 0 Å². The van der Waals surface area contributed by atoms with Gasteiger partial charge in [0.2, 0.25) is 0 Å². The van der Waals surface area contributed by atoms with E-state index in [1.807, 2.05) is 36.4 Å². The topological polar surface area (TPSA) is 35.5 Å². The minimum atomic E-state index is -0.322. The maximum Gasteiger partial charge on any atom is 0.343 e. The zero-order valence-corrected chi connectivity index (χ0v) is 22.7. The quantitative estimate of drug-likeness (QED) is 0.121. The molecule has 0 saturated carbocycles. The molecule has 0 amide bonds. The fraction of sp³-hybridized carbons (Fsp3) is 0.594. The Hall–Kier alpha value is -2.13. The van der Waals surface area contributed by atoms with Crippen molar-refractivity contribution in [3.8, 4) is 5.75 Å². The van der Waals surface area contributed by atoms with E-state index in [0.29, 0.717) is 17.2 Å². The summed E-state index contributed by atoms with van der Waals surface area (Å²) in [5, 5.41) is 0. The Labute approximate surface area is 214 Å². The van der Waals surface area contributed by atoms with Gasteiger partial charge in [0, 0.05) is 6.61 Å². The second-order valence-electron chi connectivity index (χ2n) is 9.84. The predicted octanol–water partition coefficient (Wildman–Crippen LogP) is 9.81. The number of hydrogen-bond acceptors (Lipinski definition) is 3. The van der Waals surface area contributed by atoms with Gasteiger partial charge in [-0.1, -0.05) is 103 Å². The van der Waals surface area contributed by atoms with Gasteiger partial charge in [0.25, 0.3) is 0 Å². The highest BCUT2D eigenvalue weighted by Gasteiger charge is 2.13. The summed E-state index contributed by atoms with van der Waals surface area (Å²) in [6.07, 6.45) is 15.1. The molecule has 2 rings (SSSR count). The molecule has 0 spiro atoms. The van der Waals surface area contributed by atoms with E-state index in [1.54, 1.807) is 0 Å². The van der Waals surface area contributed by atoms with Crippen molar-refractivity contribution < 1.29 is 14.3 Å². The van der Waals surface area contributed by atoms with Gasteiger partial charge in [0.05, 0.1) is 11.7 Å². The molecule has 35 heavy (non-hydrogen) atoms. The Kier molecular flexibility index (Phi) is 14.4. The molecule has 3 heteroatoms. The molecule has 0 heterocycles. The molecular formula is C32H48O3. The monoisotopic (exact) mass is 480 g/mol. The lowest BCUT2D eigenvalue weighted by atomic mass is 9.90. The number of carbonyl (C=O) groups is 1. The van der Waals surface area contributed by atoms with Crippen LogP contribution in [0.2, 0.25) is 0 Å². The van der Waals surface area contributed by atoms with Crippen LogP contribution in [-0.4, -0.2) is 12.6 Å². The van der Waals surface area contributed by atoms with Gasteiger partial charge < -0.3 is 9.47 Å². The lowest BCUT2D eigenvalue weighted by Gasteiger charge is -2.17. The van der Waals surface area contributed by atoms with E-state index >= 15 is 0 Å². The van der Waals surface area contributed by atoms with E-state index in [2.05, 4.69) is 39.8 Å². The van der Waals surface area contributed by atoms with Crippen LogP contribution < -0.4 is 4.74 Å². The molecule has 0 saturated heterocycles. The van der Waals surface area contributed by atoms with Crippen molar-refractivity contribution in [2.45, 2.75) is 117 Å². The van der Waals surface area contributed by atoms with Gasteiger partial charge in [-0.15, -0.1) is 0 Å². The second-order valence-corrected chi connectivity index (χ2v) is 9.84. The first-order valence-electron chi connectivity index (χ1n) is 14.1. The Morgan fingerprint density at radius 1 is 0.686 bits per heavy atom. The summed E-state index contributed by atoms with van der Waals surface area (Å²) in [4.78, 5) is 12.6. The molecule has 0 aliphatic heterocycles. The van der Waals surface area contributed by atoms with Crippen LogP contribution in [0.5, 0.6) is 5.75 Å². The zero-order chi connectivity index (χ0) is 25.3. The molecule has 2 atom stereocenters. The average molecular weight is 481 g/mol. The van der Waals surface area contributed by atoms with Gasteiger partial charge in [-0.05, 0) is 67.5 Å². The number of unbranched alkanes of at least 4 members (excludes halogenated alkanes) is 7. The Balaban J connectivity index is 1.79. The molecule has 0 aliphatic rings. The van der Waals surface area contributed by atoms with E-state index in [1.165, 1.54) is 76.2 Å². The summed E-state index contributed by atoms with van der Waals surface area (Å²) in [5.41, 5.74) is 2.99. The van der Waals surface area contributed by atoms with E-state index in [-0.39, 0.29) is 12.1 Å². The Morgan fingerprint density at radius 2 is 1.29 bits per heavy atom. The van der Waals surface area contributed by atoms with Crippen LogP contribution in [0.25, 0.3) is 0 Å². The van der Waals surface area contributed by atoms with Crippen LogP contribution in [-0.2, 0) is 4.74 Å². The van der Waals surface area contributed by atoms with Crippen molar-refractivity contribution >= 4 is 5.97 Å². The Bertz CT molecular complexity index is 810. The molecule has 3 nitrogen and oxygen atoms in total. The normalized spacial score (nSPS) is 12.9. The minimum Gasteiger partial charge on any atom is -0.423 e. The molecular weight excluding hydrogens is 432 g/mol. The average Bonchev–Trinajstić information content (AvgIpc) is 2.88. The predicted molar refractivity (Wildman–Crippen MR) is 147 cm³/mol. The smallest absolute Gasteiger partial charge is 0.343 e. The zero-order valence-electron chi connectivity index (χ0n) is 22.7. The van der Waals surface area contributed by atoms with Crippen LogP contribution in [0.4, 0.5) is 0 Å². The highest BCUT2D eigenvalue weighted by molar-refractivity contribution is 5.91. The number of carbonyl (C=O) groups excluding carboxylic acids is 1. The lowest BCUT2D eigenvalue weighted by Crippen LogP contribution is -2.09. The molecule has 2 unspecified atom stereocenters. The highest BCUT2D eigenvalue weighted by Crippen LogP contribution is 2.28. The highest BCUT2D eigenvalue weighted by atomic mass is 16.5. The molecule has 0 bridgehead atoms. The fourth-order valence-corrected chi connectivity index (χ4v) is 4.56. The summed E-state index contributed by atoms with van der Waals surface area (Å²) < 4.78 is 11.6. The molecule has 194 valence electrons. The summed E-state index contributed by atoms with van der Waals surface area (Å²) in [7, 11) is 0. The maximum absolute atomic E-state index is 12.6. The SMILES string of the molecule is CCCCCCCCCOC(C)c1ccc(C(=O)Oc2ccc(C(CCC)CCCC)cc2)cc1. The van der Waals surface area contributed by atoms with Gasteiger partial charge in [0.1, 0.15) is 5.75 Å². The van der Waals surface area contributed by atoms with E-state index in [9.17, 15) is 4.79 Å². The molecule has 2 aromatic carbocycles. The van der Waals surface area contributed by atoms with Crippen molar-refractivity contribution in [2.75, 3.05) is 6.61 Å². The van der Waals surface area contributed by atoms with Crippen molar-refractivity contribution in [1.82, 2.24) is 0 Å². The third kappa shape index (κ3) is 11.0. The van der Waals surface area contributed by atoms with Crippen LogP contribution in [0, 0.1) is 0 Å². The first-order valence-corrected chi connectivity index (χ1v) is 14.1. The summed E-state index contributed by atoms with van der Waals surface area (Å²) in [6, 6.07) is 15.7.